The third kappa shape index (κ3) is 7.08. The van der Waals surface area contributed by atoms with Gasteiger partial charge in [0.05, 0.1) is 25.9 Å². The van der Waals surface area contributed by atoms with Crippen molar-refractivity contribution in [1.29, 1.82) is 0 Å². The molecule has 5 nitrogen and oxygen atoms in total. The molecule has 0 bridgehead atoms. The number of aliphatic imine (C=N–C) groups is 1. The van der Waals surface area contributed by atoms with Crippen LogP contribution in [0.2, 0.25) is 0 Å². The van der Waals surface area contributed by atoms with Crippen molar-refractivity contribution in [1.82, 2.24) is 0 Å². The van der Waals surface area contributed by atoms with Gasteiger partial charge in [-0.1, -0.05) is 0 Å². The lowest BCUT2D eigenvalue weighted by molar-refractivity contribution is 0.0443. The van der Waals surface area contributed by atoms with Gasteiger partial charge in [0.15, 0.2) is 5.96 Å². The van der Waals surface area contributed by atoms with Crippen LogP contribution >= 0.6 is 0 Å². The van der Waals surface area contributed by atoms with E-state index < -0.39 is 0 Å². The lowest BCUT2D eigenvalue weighted by Crippen LogP contribution is -2.25. The van der Waals surface area contributed by atoms with Crippen molar-refractivity contribution in [2.75, 3.05) is 19.8 Å². The minimum Gasteiger partial charge on any atom is -0.394 e. The molecule has 0 aromatic heterocycles. The molecule has 5 N–H and O–H groups in total. The van der Waals surface area contributed by atoms with E-state index in [0.29, 0.717) is 13.2 Å². The molecule has 0 saturated heterocycles. The summed E-state index contributed by atoms with van der Waals surface area (Å²) in [6.45, 7) is 2.61. The highest BCUT2D eigenvalue weighted by atomic mass is 16.5. The molecular formula is C6H15N3O2. The van der Waals surface area contributed by atoms with Crippen LogP contribution in [0.5, 0.6) is 0 Å². The summed E-state index contributed by atoms with van der Waals surface area (Å²) in [7, 11) is 0. The molecule has 0 heterocycles. The van der Waals surface area contributed by atoms with Gasteiger partial charge in [0, 0.05) is 0 Å². The second kappa shape index (κ2) is 5.94. The maximum absolute atomic E-state index is 8.38. The summed E-state index contributed by atoms with van der Waals surface area (Å²) in [6.07, 6.45) is -0.0516. The molecule has 0 amide bonds. The predicted molar refractivity (Wildman–Crippen MR) is 43.2 cm³/mol. The standard InChI is InChI=1S/C6H15N3O2/c1-5(11-3-2-10)4-9-6(7)8/h5,10H,2-4H2,1H3,(H4,7,8,9). The maximum atomic E-state index is 8.38. The Morgan fingerprint density at radius 2 is 2.27 bits per heavy atom. The van der Waals surface area contributed by atoms with E-state index in [1.807, 2.05) is 6.92 Å². The Morgan fingerprint density at radius 1 is 1.64 bits per heavy atom. The first-order valence-corrected chi connectivity index (χ1v) is 3.44. The first-order chi connectivity index (χ1) is 5.16. The number of aliphatic hydroxyl groups excluding tert-OH is 1. The Bertz CT molecular complexity index is 123. The fraction of sp³-hybridized carbons (Fsp3) is 0.833. The van der Waals surface area contributed by atoms with Gasteiger partial charge in [-0.3, -0.25) is 4.99 Å². The summed E-state index contributed by atoms with van der Waals surface area (Å²) in [4.78, 5) is 3.74. The van der Waals surface area contributed by atoms with Crippen molar-refractivity contribution in [2.45, 2.75) is 13.0 Å². The van der Waals surface area contributed by atoms with Crippen LogP contribution in [0.3, 0.4) is 0 Å². The summed E-state index contributed by atoms with van der Waals surface area (Å²) in [5, 5.41) is 8.38. The van der Waals surface area contributed by atoms with Crippen LogP contribution in [0.25, 0.3) is 0 Å². The molecule has 0 rings (SSSR count). The van der Waals surface area contributed by atoms with Gasteiger partial charge in [0.25, 0.3) is 0 Å². The normalized spacial score (nSPS) is 12.5. The molecule has 66 valence electrons. The molecule has 0 radical (unpaired) electrons. The summed E-state index contributed by atoms with van der Waals surface area (Å²) in [5.74, 6) is 0.0597. The van der Waals surface area contributed by atoms with Gasteiger partial charge in [-0.15, -0.1) is 0 Å². The van der Waals surface area contributed by atoms with E-state index >= 15 is 0 Å². The average molecular weight is 161 g/mol. The maximum Gasteiger partial charge on any atom is 0.185 e. The van der Waals surface area contributed by atoms with Crippen molar-refractivity contribution in [2.24, 2.45) is 16.5 Å². The van der Waals surface area contributed by atoms with E-state index in [0.717, 1.165) is 0 Å². The van der Waals surface area contributed by atoms with E-state index in [9.17, 15) is 0 Å². The van der Waals surface area contributed by atoms with E-state index in [2.05, 4.69) is 4.99 Å². The van der Waals surface area contributed by atoms with E-state index in [1.54, 1.807) is 0 Å². The zero-order valence-corrected chi connectivity index (χ0v) is 6.66. The number of aliphatic hydroxyl groups is 1. The zero-order chi connectivity index (χ0) is 8.69. The number of nitrogens with two attached hydrogens (primary N) is 2. The number of ether oxygens (including phenoxy) is 1. The minimum absolute atomic E-state index is 0.0200. The van der Waals surface area contributed by atoms with Gasteiger partial charge < -0.3 is 21.3 Å². The fourth-order valence-corrected chi connectivity index (χ4v) is 0.541. The summed E-state index contributed by atoms with van der Waals surface area (Å²) in [6, 6.07) is 0. The highest BCUT2D eigenvalue weighted by Crippen LogP contribution is 1.89. The lowest BCUT2D eigenvalue weighted by Gasteiger charge is -2.08. The van der Waals surface area contributed by atoms with Crippen LogP contribution in [0.1, 0.15) is 6.92 Å². The Kier molecular flexibility index (Phi) is 5.50. The first kappa shape index (κ1) is 10.2. The highest BCUT2D eigenvalue weighted by Gasteiger charge is 1.98. The molecule has 1 unspecified atom stereocenters. The van der Waals surface area contributed by atoms with Gasteiger partial charge >= 0.3 is 0 Å². The Balaban J connectivity index is 3.36. The molecule has 0 aliphatic heterocycles. The van der Waals surface area contributed by atoms with E-state index in [-0.39, 0.29) is 18.7 Å². The van der Waals surface area contributed by atoms with Crippen molar-refractivity contribution >= 4 is 5.96 Å². The van der Waals surface area contributed by atoms with Crippen LogP contribution in [0, 0.1) is 0 Å². The molecule has 0 aliphatic carbocycles. The predicted octanol–water partition coefficient (Wildman–Crippen LogP) is -1.34. The van der Waals surface area contributed by atoms with Gasteiger partial charge in [0.2, 0.25) is 0 Å². The van der Waals surface area contributed by atoms with Gasteiger partial charge in [0.1, 0.15) is 0 Å². The molecule has 0 aromatic carbocycles. The van der Waals surface area contributed by atoms with Gasteiger partial charge in [-0.05, 0) is 6.92 Å². The average Bonchev–Trinajstić information content (AvgIpc) is 1.97. The number of nitrogens with zero attached hydrogens (tertiary/aromatic N) is 1. The topological polar surface area (TPSA) is 93.9 Å². The van der Waals surface area contributed by atoms with E-state index in [1.165, 1.54) is 0 Å². The lowest BCUT2D eigenvalue weighted by atomic mass is 10.4. The number of hydrogen-bond donors (Lipinski definition) is 3. The number of guanidine groups is 1. The molecule has 0 aliphatic rings. The SMILES string of the molecule is CC(CN=C(N)N)OCCO. The minimum atomic E-state index is -0.0516. The first-order valence-electron chi connectivity index (χ1n) is 3.44. The monoisotopic (exact) mass is 161 g/mol. The Morgan fingerprint density at radius 3 is 2.73 bits per heavy atom. The van der Waals surface area contributed by atoms with Crippen LogP contribution in [-0.2, 0) is 4.74 Å². The third-order valence-electron chi connectivity index (χ3n) is 1.02. The second-order valence-electron chi connectivity index (χ2n) is 2.17. The van der Waals surface area contributed by atoms with E-state index in [4.69, 9.17) is 21.3 Å². The Labute approximate surface area is 66.0 Å². The molecule has 0 aromatic rings. The molecule has 5 heteroatoms. The summed E-state index contributed by atoms with van der Waals surface area (Å²) < 4.78 is 5.07. The van der Waals surface area contributed by atoms with Crippen molar-refractivity contribution < 1.29 is 9.84 Å². The largest absolute Gasteiger partial charge is 0.394 e. The molecule has 0 fully saturated rings. The van der Waals surface area contributed by atoms with Crippen LogP contribution in [0.15, 0.2) is 4.99 Å². The smallest absolute Gasteiger partial charge is 0.185 e. The van der Waals surface area contributed by atoms with Crippen LogP contribution < -0.4 is 11.5 Å². The van der Waals surface area contributed by atoms with Gasteiger partial charge in [-0.2, -0.15) is 0 Å². The molecule has 11 heavy (non-hydrogen) atoms. The Hall–Kier alpha value is -0.810. The summed E-state index contributed by atoms with van der Waals surface area (Å²) >= 11 is 0. The number of hydrogen-bond acceptors (Lipinski definition) is 3. The van der Waals surface area contributed by atoms with Crippen molar-refractivity contribution in [3.05, 3.63) is 0 Å². The fourth-order valence-electron chi connectivity index (χ4n) is 0.541. The molecular weight excluding hydrogens is 146 g/mol. The molecule has 0 spiro atoms. The van der Waals surface area contributed by atoms with Crippen LogP contribution in [-0.4, -0.2) is 36.9 Å². The third-order valence-corrected chi connectivity index (χ3v) is 1.02. The summed E-state index contributed by atoms with van der Waals surface area (Å²) in [5.41, 5.74) is 10.2. The van der Waals surface area contributed by atoms with Crippen molar-refractivity contribution in [3.63, 3.8) is 0 Å². The van der Waals surface area contributed by atoms with Crippen molar-refractivity contribution in [3.8, 4) is 0 Å². The molecule has 1 atom stereocenters. The zero-order valence-electron chi connectivity index (χ0n) is 6.66. The highest BCUT2D eigenvalue weighted by molar-refractivity contribution is 5.75. The molecule has 0 saturated carbocycles. The quantitative estimate of drug-likeness (QED) is 0.343. The van der Waals surface area contributed by atoms with Crippen LogP contribution in [0.4, 0.5) is 0 Å². The number of rotatable bonds is 5. The van der Waals surface area contributed by atoms with Gasteiger partial charge in [-0.25, -0.2) is 0 Å². The second-order valence-corrected chi connectivity index (χ2v) is 2.17.